The van der Waals surface area contributed by atoms with Crippen molar-refractivity contribution >= 4 is 5.91 Å². The van der Waals surface area contributed by atoms with E-state index in [2.05, 4.69) is 10.2 Å². The molecule has 1 amide bonds. The van der Waals surface area contributed by atoms with Crippen LogP contribution in [0.5, 0.6) is 0 Å². The maximum Gasteiger partial charge on any atom is 0.234 e. The van der Waals surface area contributed by atoms with Crippen LogP contribution in [0.1, 0.15) is 51.4 Å². The summed E-state index contributed by atoms with van der Waals surface area (Å²) in [6.07, 6.45) is 9.72. The molecule has 1 saturated carbocycles. The van der Waals surface area contributed by atoms with Crippen LogP contribution in [0.2, 0.25) is 0 Å². The fraction of sp³-hybridized carbons (Fsp3) is 0.929. The lowest BCUT2D eigenvalue weighted by atomic mass is 10.1. The molecule has 2 aliphatic rings. The summed E-state index contributed by atoms with van der Waals surface area (Å²) in [5.41, 5.74) is 5.83. The molecule has 1 atom stereocenters. The Balaban J connectivity index is 1.79. The first-order chi connectivity index (χ1) is 8.79. The Morgan fingerprint density at radius 3 is 2.56 bits per heavy atom. The Morgan fingerprint density at radius 1 is 1.11 bits per heavy atom. The van der Waals surface area contributed by atoms with Gasteiger partial charge in [0, 0.05) is 18.6 Å². The van der Waals surface area contributed by atoms with Crippen LogP contribution in [-0.2, 0) is 4.79 Å². The third-order valence-corrected chi connectivity index (χ3v) is 4.34. The minimum atomic E-state index is 0.197. The van der Waals surface area contributed by atoms with Crippen molar-refractivity contribution in [2.24, 2.45) is 5.73 Å². The summed E-state index contributed by atoms with van der Waals surface area (Å²) in [6, 6.07) is 0.836. The van der Waals surface area contributed by atoms with E-state index in [1.807, 2.05) is 0 Å². The predicted octanol–water partition coefficient (Wildman–Crippen LogP) is 1.25. The van der Waals surface area contributed by atoms with Gasteiger partial charge in [0.05, 0.1) is 6.54 Å². The van der Waals surface area contributed by atoms with Gasteiger partial charge < -0.3 is 11.1 Å². The van der Waals surface area contributed by atoms with E-state index in [1.165, 1.54) is 32.1 Å². The van der Waals surface area contributed by atoms with Gasteiger partial charge in [-0.25, -0.2) is 0 Å². The zero-order chi connectivity index (χ0) is 12.8. The molecule has 1 saturated heterocycles. The molecule has 1 unspecified atom stereocenters. The van der Waals surface area contributed by atoms with E-state index in [-0.39, 0.29) is 5.91 Å². The number of hydrogen-bond acceptors (Lipinski definition) is 3. The Kier molecular flexibility index (Phi) is 5.45. The smallest absolute Gasteiger partial charge is 0.234 e. The fourth-order valence-electron chi connectivity index (χ4n) is 3.24. The highest BCUT2D eigenvalue weighted by molar-refractivity contribution is 5.78. The van der Waals surface area contributed by atoms with Gasteiger partial charge in [-0.05, 0) is 32.2 Å². The molecule has 4 nitrogen and oxygen atoms in total. The largest absolute Gasteiger partial charge is 0.352 e. The molecule has 0 aromatic rings. The van der Waals surface area contributed by atoms with Crippen molar-refractivity contribution in [3.05, 3.63) is 0 Å². The molecule has 2 rings (SSSR count). The number of nitrogens with two attached hydrogens (primary N) is 1. The summed E-state index contributed by atoms with van der Waals surface area (Å²) >= 11 is 0. The van der Waals surface area contributed by atoms with Crippen LogP contribution >= 0.6 is 0 Å². The second-order valence-corrected chi connectivity index (χ2v) is 5.76. The van der Waals surface area contributed by atoms with Gasteiger partial charge >= 0.3 is 0 Å². The van der Waals surface area contributed by atoms with E-state index < -0.39 is 0 Å². The van der Waals surface area contributed by atoms with Crippen molar-refractivity contribution in [2.45, 2.75) is 63.5 Å². The molecule has 0 radical (unpaired) electrons. The number of amides is 1. The lowest BCUT2D eigenvalue weighted by Crippen LogP contribution is -2.47. The van der Waals surface area contributed by atoms with E-state index >= 15 is 0 Å². The zero-order valence-electron chi connectivity index (χ0n) is 11.4. The molecule has 104 valence electrons. The van der Waals surface area contributed by atoms with Crippen LogP contribution < -0.4 is 11.1 Å². The SMILES string of the molecule is NCC1CCCCCN1CC(=O)NC1CCCC1. The monoisotopic (exact) mass is 253 g/mol. The lowest BCUT2D eigenvalue weighted by molar-refractivity contribution is -0.123. The van der Waals surface area contributed by atoms with Crippen LogP contribution in [0.25, 0.3) is 0 Å². The second-order valence-electron chi connectivity index (χ2n) is 5.76. The summed E-state index contributed by atoms with van der Waals surface area (Å²) in [7, 11) is 0. The summed E-state index contributed by atoms with van der Waals surface area (Å²) in [4.78, 5) is 14.3. The van der Waals surface area contributed by atoms with Gasteiger partial charge in [-0.15, -0.1) is 0 Å². The van der Waals surface area contributed by atoms with Crippen LogP contribution in [0.4, 0.5) is 0 Å². The van der Waals surface area contributed by atoms with Crippen molar-refractivity contribution in [2.75, 3.05) is 19.6 Å². The molecule has 18 heavy (non-hydrogen) atoms. The van der Waals surface area contributed by atoms with Crippen molar-refractivity contribution < 1.29 is 4.79 Å². The maximum atomic E-state index is 12.0. The first-order valence-corrected chi connectivity index (χ1v) is 7.53. The van der Waals surface area contributed by atoms with Crippen LogP contribution in [0.15, 0.2) is 0 Å². The van der Waals surface area contributed by atoms with Crippen LogP contribution in [-0.4, -0.2) is 42.5 Å². The standard InChI is InChI=1S/C14H27N3O/c15-10-13-8-2-1-5-9-17(13)11-14(18)16-12-6-3-4-7-12/h12-13H,1-11,15H2,(H,16,18). The van der Waals surface area contributed by atoms with Gasteiger partial charge in [0.1, 0.15) is 0 Å². The molecule has 1 heterocycles. The third-order valence-electron chi connectivity index (χ3n) is 4.34. The normalized spacial score (nSPS) is 27.1. The highest BCUT2D eigenvalue weighted by atomic mass is 16.2. The number of hydrogen-bond donors (Lipinski definition) is 2. The van der Waals surface area contributed by atoms with Crippen LogP contribution in [0.3, 0.4) is 0 Å². The van der Waals surface area contributed by atoms with E-state index in [1.54, 1.807) is 0 Å². The molecular weight excluding hydrogens is 226 g/mol. The molecule has 3 N–H and O–H groups in total. The maximum absolute atomic E-state index is 12.0. The molecule has 0 aromatic heterocycles. The molecular formula is C14H27N3O. The second kappa shape index (κ2) is 7.10. The number of carbonyl (C=O) groups excluding carboxylic acids is 1. The Hall–Kier alpha value is -0.610. The Labute approximate surface area is 110 Å². The topological polar surface area (TPSA) is 58.4 Å². The quantitative estimate of drug-likeness (QED) is 0.793. The first kappa shape index (κ1) is 13.8. The van der Waals surface area contributed by atoms with Gasteiger partial charge in [0.15, 0.2) is 0 Å². The minimum Gasteiger partial charge on any atom is -0.352 e. The van der Waals surface area contributed by atoms with Gasteiger partial charge in [-0.1, -0.05) is 25.7 Å². The first-order valence-electron chi connectivity index (χ1n) is 7.53. The van der Waals surface area contributed by atoms with E-state index in [4.69, 9.17) is 5.73 Å². The average Bonchev–Trinajstić information content (AvgIpc) is 2.75. The van der Waals surface area contributed by atoms with Gasteiger partial charge in [-0.2, -0.15) is 0 Å². The molecule has 1 aliphatic heterocycles. The molecule has 0 bridgehead atoms. The zero-order valence-corrected chi connectivity index (χ0v) is 11.4. The predicted molar refractivity (Wildman–Crippen MR) is 73.3 cm³/mol. The number of likely N-dealkylation sites (tertiary alicyclic amines) is 1. The molecule has 4 heteroatoms. The molecule has 0 spiro atoms. The van der Waals surface area contributed by atoms with E-state index in [9.17, 15) is 4.79 Å². The van der Waals surface area contributed by atoms with Crippen LogP contribution in [0, 0.1) is 0 Å². The molecule has 2 fully saturated rings. The highest BCUT2D eigenvalue weighted by Gasteiger charge is 2.23. The molecule has 0 aromatic carbocycles. The number of nitrogens with zero attached hydrogens (tertiary/aromatic N) is 1. The minimum absolute atomic E-state index is 0.197. The summed E-state index contributed by atoms with van der Waals surface area (Å²) in [5, 5.41) is 3.17. The van der Waals surface area contributed by atoms with Crippen molar-refractivity contribution in [1.29, 1.82) is 0 Å². The summed E-state index contributed by atoms with van der Waals surface area (Å²) < 4.78 is 0. The van der Waals surface area contributed by atoms with Crippen molar-refractivity contribution in [3.63, 3.8) is 0 Å². The molecule has 1 aliphatic carbocycles. The van der Waals surface area contributed by atoms with Crippen molar-refractivity contribution in [1.82, 2.24) is 10.2 Å². The number of rotatable bonds is 4. The van der Waals surface area contributed by atoms with E-state index in [0.717, 1.165) is 25.8 Å². The van der Waals surface area contributed by atoms with Crippen molar-refractivity contribution in [3.8, 4) is 0 Å². The highest BCUT2D eigenvalue weighted by Crippen LogP contribution is 2.18. The summed E-state index contributed by atoms with van der Waals surface area (Å²) in [6.45, 7) is 2.25. The number of carbonyl (C=O) groups is 1. The fourth-order valence-corrected chi connectivity index (χ4v) is 3.24. The third kappa shape index (κ3) is 3.95. The number of nitrogens with one attached hydrogen (secondary N) is 1. The van der Waals surface area contributed by atoms with Gasteiger partial charge in [0.2, 0.25) is 5.91 Å². The average molecular weight is 253 g/mol. The Bertz CT molecular complexity index is 264. The summed E-state index contributed by atoms with van der Waals surface area (Å²) in [5.74, 6) is 0.197. The van der Waals surface area contributed by atoms with E-state index in [0.29, 0.717) is 25.2 Å². The van der Waals surface area contributed by atoms with Gasteiger partial charge in [-0.3, -0.25) is 9.69 Å². The van der Waals surface area contributed by atoms with Gasteiger partial charge in [0.25, 0.3) is 0 Å². The lowest BCUT2D eigenvalue weighted by Gasteiger charge is -2.28. The Morgan fingerprint density at radius 2 is 1.83 bits per heavy atom.